The predicted molar refractivity (Wildman–Crippen MR) is 132 cm³/mol. The molecule has 1 N–H and O–H groups in total. The third-order valence-corrected chi connectivity index (χ3v) is 7.84. The summed E-state index contributed by atoms with van der Waals surface area (Å²) in [6.45, 7) is 16.3. The molecule has 33 heavy (non-hydrogen) atoms. The van der Waals surface area contributed by atoms with Crippen LogP contribution in [0.3, 0.4) is 0 Å². The molecule has 0 unspecified atom stereocenters. The van der Waals surface area contributed by atoms with E-state index in [0.717, 1.165) is 64.6 Å². The zero-order chi connectivity index (χ0) is 23.4. The molecule has 9 heteroatoms. The van der Waals surface area contributed by atoms with Crippen LogP contribution in [0.4, 0.5) is 0 Å². The van der Waals surface area contributed by atoms with E-state index in [9.17, 15) is 4.79 Å². The van der Waals surface area contributed by atoms with E-state index in [1.54, 1.807) is 6.33 Å². The van der Waals surface area contributed by atoms with E-state index in [2.05, 4.69) is 61.5 Å². The van der Waals surface area contributed by atoms with E-state index < -0.39 is 0 Å². The number of aromatic nitrogens is 5. The van der Waals surface area contributed by atoms with Crippen molar-refractivity contribution in [3.05, 3.63) is 34.2 Å². The number of nitrogens with zero attached hydrogens (tertiary/aromatic N) is 6. The Labute approximate surface area is 197 Å². The number of aryl methyl sites for hydroxylation is 1. The maximum absolute atomic E-state index is 13.2. The summed E-state index contributed by atoms with van der Waals surface area (Å²) in [5, 5.41) is 4.92. The van der Waals surface area contributed by atoms with Crippen LogP contribution in [0.2, 0.25) is 0 Å². The zero-order valence-electron chi connectivity index (χ0n) is 20.1. The normalized spacial score (nSPS) is 15.6. The van der Waals surface area contributed by atoms with Crippen LogP contribution in [-0.4, -0.2) is 72.5 Å². The van der Waals surface area contributed by atoms with Crippen molar-refractivity contribution in [2.75, 3.05) is 26.2 Å². The second-order valence-corrected chi connectivity index (χ2v) is 10.5. The van der Waals surface area contributed by atoms with Crippen molar-refractivity contribution >= 4 is 33.2 Å². The number of rotatable bonds is 4. The molecule has 1 saturated heterocycles. The number of piperazine rings is 1. The molecule has 0 spiro atoms. The molecular formula is C24H31N7OS. The molecular weight excluding hydrogens is 434 g/mol. The molecule has 1 aliphatic heterocycles. The number of nitrogens with one attached hydrogen (secondary N) is 1. The van der Waals surface area contributed by atoms with Crippen molar-refractivity contribution in [1.29, 1.82) is 0 Å². The second-order valence-electron chi connectivity index (χ2n) is 9.51. The molecule has 0 bridgehead atoms. The van der Waals surface area contributed by atoms with Gasteiger partial charge in [0.1, 0.15) is 16.7 Å². The maximum atomic E-state index is 13.2. The summed E-state index contributed by atoms with van der Waals surface area (Å²) in [6, 6.07) is 0.510. The first-order valence-electron chi connectivity index (χ1n) is 11.6. The third-order valence-electron chi connectivity index (χ3n) is 6.88. The van der Waals surface area contributed by atoms with Crippen molar-refractivity contribution in [3.8, 4) is 11.3 Å². The molecule has 0 aliphatic carbocycles. The van der Waals surface area contributed by atoms with Crippen LogP contribution in [-0.2, 0) is 0 Å². The minimum atomic E-state index is 0.0420. The highest BCUT2D eigenvalue weighted by molar-refractivity contribution is 7.20. The van der Waals surface area contributed by atoms with E-state index >= 15 is 0 Å². The summed E-state index contributed by atoms with van der Waals surface area (Å²) < 4.78 is 1.83. The highest BCUT2D eigenvalue weighted by Gasteiger charge is 2.28. The fourth-order valence-corrected chi connectivity index (χ4v) is 5.74. The third kappa shape index (κ3) is 3.63. The van der Waals surface area contributed by atoms with Gasteiger partial charge in [-0.05, 0) is 44.7 Å². The summed E-state index contributed by atoms with van der Waals surface area (Å²) in [7, 11) is 0. The Morgan fingerprint density at radius 1 is 1.09 bits per heavy atom. The van der Waals surface area contributed by atoms with Gasteiger partial charge in [0.25, 0.3) is 5.91 Å². The standard InChI is InChI=1S/C24H31N7OS/c1-13(2)18-19(17-11-31-21(25-12-26-31)16(6)15(17)5)27-22-20(18)28-23(33-22)24(32)30-9-7-29(8-10-30)14(3)4/h11-14,27H,7-10H2,1-6H3. The molecule has 174 valence electrons. The van der Waals surface area contributed by atoms with E-state index in [1.807, 2.05) is 15.6 Å². The summed E-state index contributed by atoms with van der Waals surface area (Å²) in [4.78, 5) is 31.4. The topological polar surface area (TPSA) is 82.4 Å². The predicted octanol–water partition coefficient (Wildman–Crippen LogP) is 4.24. The lowest BCUT2D eigenvalue weighted by Gasteiger charge is -2.36. The summed E-state index contributed by atoms with van der Waals surface area (Å²) in [5.41, 5.74) is 7.36. The van der Waals surface area contributed by atoms with E-state index in [1.165, 1.54) is 16.9 Å². The summed E-state index contributed by atoms with van der Waals surface area (Å²) in [6.07, 6.45) is 3.62. The van der Waals surface area contributed by atoms with E-state index in [4.69, 9.17) is 4.98 Å². The maximum Gasteiger partial charge on any atom is 0.283 e. The Morgan fingerprint density at radius 3 is 2.48 bits per heavy atom. The number of thiazole rings is 1. The van der Waals surface area contributed by atoms with Crippen molar-refractivity contribution in [3.63, 3.8) is 0 Å². The van der Waals surface area contributed by atoms with Crippen LogP contribution in [0.15, 0.2) is 12.5 Å². The number of aromatic amines is 1. The van der Waals surface area contributed by atoms with Gasteiger partial charge in [0.15, 0.2) is 10.7 Å². The molecule has 0 atom stereocenters. The van der Waals surface area contributed by atoms with Gasteiger partial charge in [0, 0.05) is 49.5 Å². The first-order chi connectivity index (χ1) is 15.8. The SMILES string of the molecule is Cc1c(-c2[nH]c3sc(C(=O)N4CCN(C(C)C)CC4)nc3c2C(C)C)cn2ncnc2c1C. The Hall–Kier alpha value is -2.78. The summed E-state index contributed by atoms with van der Waals surface area (Å²) >= 11 is 1.46. The first-order valence-corrected chi connectivity index (χ1v) is 12.4. The fraction of sp³-hybridized carbons (Fsp3) is 0.500. The lowest BCUT2D eigenvalue weighted by molar-refractivity contribution is 0.0595. The number of carbonyl (C=O) groups is 1. The highest BCUT2D eigenvalue weighted by Crippen LogP contribution is 2.39. The first kappa shape index (κ1) is 22.0. The zero-order valence-corrected chi connectivity index (χ0v) is 21.0. The minimum absolute atomic E-state index is 0.0420. The molecule has 1 amide bonds. The molecule has 1 aliphatic rings. The average molecular weight is 466 g/mol. The van der Waals surface area contributed by atoms with E-state index in [-0.39, 0.29) is 11.8 Å². The number of hydrogen-bond acceptors (Lipinski definition) is 6. The molecule has 4 aromatic heterocycles. The van der Waals surface area contributed by atoms with Crippen molar-refractivity contribution in [1.82, 2.24) is 34.4 Å². The lowest BCUT2D eigenvalue weighted by Crippen LogP contribution is -2.50. The number of amides is 1. The van der Waals surface area contributed by atoms with Gasteiger partial charge < -0.3 is 9.88 Å². The highest BCUT2D eigenvalue weighted by atomic mass is 32.1. The van der Waals surface area contributed by atoms with Gasteiger partial charge in [-0.3, -0.25) is 9.69 Å². The van der Waals surface area contributed by atoms with Crippen LogP contribution in [0, 0.1) is 13.8 Å². The Morgan fingerprint density at radius 2 is 1.82 bits per heavy atom. The number of hydrogen-bond donors (Lipinski definition) is 1. The van der Waals surface area contributed by atoms with Gasteiger partial charge >= 0.3 is 0 Å². The summed E-state index contributed by atoms with van der Waals surface area (Å²) in [5.74, 6) is 0.292. The molecule has 0 radical (unpaired) electrons. The van der Waals surface area contributed by atoms with Gasteiger partial charge in [-0.1, -0.05) is 25.2 Å². The number of pyridine rings is 1. The van der Waals surface area contributed by atoms with Crippen LogP contribution in [0.5, 0.6) is 0 Å². The van der Waals surface area contributed by atoms with Gasteiger partial charge in [0.05, 0.1) is 5.69 Å². The fourth-order valence-electron chi connectivity index (χ4n) is 4.78. The van der Waals surface area contributed by atoms with Gasteiger partial charge in [-0.2, -0.15) is 5.10 Å². The molecule has 4 aromatic rings. The lowest BCUT2D eigenvalue weighted by atomic mass is 9.96. The number of fused-ring (bicyclic) bond motifs is 2. The largest absolute Gasteiger partial charge is 0.345 e. The van der Waals surface area contributed by atoms with Crippen LogP contribution in [0.25, 0.3) is 27.3 Å². The van der Waals surface area contributed by atoms with Gasteiger partial charge in [0.2, 0.25) is 0 Å². The van der Waals surface area contributed by atoms with Crippen molar-refractivity contribution < 1.29 is 4.79 Å². The second kappa shape index (κ2) is 8.22. The Bertz CT molecular complexity index is 1340. The quantitative estimate of drug-likeness (QED) is 0.487. The Kier molecular flexibility index (Phi) is 5.49. The average Bonchev–Trinajstić information content (AvgIpc) is 3.49. The molecule has 1 fully saturated rings. The smallest absolute Gasteiger partial charge is 0.283 e. The van der Waals surface area contributed by atoms with Gasteiger partial charge in [-0.25, -0.2) is 14.5 Å². The van der Waals surface area contributed by atoms with Crippen LogP contribution in [0.1, 0.15) is 60.1 Å². The minimum Gasteiger partial charge on any atom is -0.345 e. The Balaban J connectivity index is 1.52. The molecule has 8 nitrogen and oxygen atoms in total. The van der Waals surface area contributed by atoms with Crippen LogP contribution >= 0.6 is 11.3 Å². The van der Waals surface area contributed by atoms with Crippen molar-refractivity contribution in [2.45, 2.75) is 53.5 Å². The number of carbonyl (C=O) groups excluding carboxylic acids is 1. The molecule has 0 saturated carbocycles. The van der Waals surface area contributed by atoms with Crippen LogP contribution < -0.4 is 0 Å². The molecule has 5 heterocycles. The molecule has 0 aromatic carbocycles. The molecule has 5 rings (SSSR count). The monoisotopic (exact) mass is 465 g/mol. The van der Waals surface area contributed by atoms with E-state index in [0.29, 0.717) is 11.0 Å². The van der Waals surface area contributed by atoms with Crippen molar-refractivity contribution in [2.24, 2.45) is 0 Å². The number of H-pyrrole nitrogens is 1. The van der Waals surface area contributed by atoms with Gasteiger partial charge in [-0.15, -0.1) is 0 Å².